The highest BCUT2D eigenvalue weighted by atomic mass is 16.6. The number of nitrogens with zero attached hydrogens (tertiary/aromatic N) is 7. The molecule has 66 heavy (non-hydrogen) atoms. The van der Waals surface area contributed by atoms with Crippen LogP contribution < -0.4 is 33.7 Å². The Labute approximate surface area is 377 Å². The molecule has 362 valence electrons. The summed E-state index contributed by atoms with van der Waals surface area (Å²) in [6.07, 6.45) is 11.9. The number of amides is 4. The molecule has 3 aromatic rings. The van der Waals surface area contributed by atoms with Crippen LogP contribution in [-0.4, -0.2) is 169 Å². The molecule has 0 aliphatic carbocycles. The van der Waals surface area contributed by atoms with Gasteiger partial charge in [-0.05, 0) is 45.8 Å². The van der Waals surface area contributed by atoms with Crippen molar-refractivity contribution >= 4 is 12.1 Å². The van der Waals surface area contributed by atoms with Crippen LogP contribution >= 0.6 is 0 Å². The van der Waals surface area contributed by atoms with E-state index in [0.29, 0.717) is 29.7 Å². The summed E-state index contributed by atoms with van der Waals surface area (Å²) < 4.78 is 25.6. The van der Waals surface area contributed by atoms with E-state index < -0.39 is 52.9 Å². The Morgan fingerprint density at radius 3 is 1.18 bits per heavy atom. The number of ether oxygens (including phenoxy) is 4. The van der Waals surface area contributed by atoms with Gasteiger partial charge in [0.25, 0.3) is 16.7 Å². The van der Waals surface area contributed by atoms with Gasteiger partial charge in [-0.25, -0.2) is 24.0 Å². The van der Waals surface area contributed by atoms with Crippen molar-refractivity contribution in [2.75, 3.05) is 74.2 Å². The largest absolute Gasteiger partial charge is 0.393 e. The van der Waals surface area contributed by atoms with Crippen molar-refractivity contribution in [3.8, 4) is 0 Å². The van der Waals surface area contributed by atoms with Crippen LogP contribution in [0.25, 0.3) is 0 Å². The van der Waals surface area contributed by atoms with Crippen molar-refractivity contribution < 1.29 is 38.7 Å². The molecule has 24 heteroatoms. The number of nitrogens with one attached hydrogen (secondary N) is 3. The second-order valence-electron chi connectivity index (χ2n) is 16.4. The first kappa shape index (κ1) is 50.8. The van der Waals surface area contributed by atoms with E-state index in [1.54, 1.807) is 64.7 Å². The molecule has 0 radical (unpaired) electrons. The molecule has 7 atom stereocenters. The Morgan fingerprint density at radius 1 is 0.530 bits per heavy atom. The Hall–Kier alpha value is -6.18. The second kappa shape index (κ2) is 22.8. The number of fused-ring (bicyclic) bond motifs is 1. The summed E-state index contributed by atoms with van der Waals surface area (Å²) in [4.78, 5) is 104. The van der Waals surface area contributed by atoms with Gasteiger partial charge in [0.2, 0.25) is 0 Å². The van der Waals surface area contributed by atoms with Crippen LogP contribution in [0.15, 0.2) is 71.7 Å². The molecule has 9 heterocycles. The molecule has 24 nitrogen and oxygen atoms in total. The topological polar surface area (TPSA) is 289 Å². The Balaban J connectivity index is 0.000000158. The third-order valence-corrected chi connectivity index (χ3v) is 11.2. The number of carbonyl (C=O) groups is 2. The highest BCUT2D eigenvalue weighted by Gasteiger charge is 2.44. The monoisotopic (exact) mass is 928 g/mol. The number of aromatic nitrogens is 6. The number of rotatable bonds is 5. The zero-order valence-corrected chi connectivity index (χ0v) is 38.1. The zero-order chi connectivity index (χ0) is 48.4. The van der Waals surface area contributed by atoms with Gasteiger partial charge in [-0.3, -0.25) is 43.0 Å². The maximum atomic E-state index is 11.6. The van der Waals surface area contributed by atoms with Gasteiger partial charge in [0.05, 0.1) is 25.9 Å². The van der Waals surface area contributed by atoms with Gasteiger partial charge in [-0.1, -0.05) is 12.2 Å². The molecule has 6 aliphatic rings. The molecule has 0 spiro atoms. The number of carbonyl (C=O) groups excluding carboxylic acids is 2. The number of urea groups is 2. The molecule has 0 aromatic carbocycles. The van der Waals surface area contributed by atoms with Crippen LogP contribution in [0.3, 0.4) is 0 Å². The van der Waals surface area contributed by atoms with E-state index in [9.17, 15) is 38.4 Å². The minimum atomic E-state index is -0.569. The van der Waals surface area contributed by atoms with E-state index in [4.69, 9.17) is 29.2 Å². The molecule has 5 N–H and O–H groups in total. The van der Waals surface area contributed by atoms with Gasteiger partial charge in [0.15, 0.2) is 12.5 Å². The van der Waals surface area contributed by atoms with Crippen molar-refractivity contribution in [1.29, 1.82) is 0 Å². The van der Waals surface area contributed by atoms with Gasteiger partial charge < -0.3 is 48.8 Å². The molecule has 6 aliphatic heterocycles. The lowest BCUT2D eigenvalue weighted by Crippen LogP contribution is -2.44. The normalized spacial score (nSPS) is 25.1. The average molecular weight is 929 g/mol. The van der Waals surface area contributed by atoms with Crippen molar-refractivity contribution in [3.05, 3.63) is 122 Å². The highest BCUT2D eigenvalue weighted by Crippen LogP contribution is 2.35. The van der Waals surface area contributed by atoms with Crippen molar-refractivity contribution in [2.24, 2.45) is 0 Å². The van der Waals surface area contributed by atoms with Gasteiger partial charge in [-0.15, -0.1) is 0 Å². The smallest absolute Gasteiger partial charge is 0.330 e. The van der Waals surface area contributed by atoms with E-state index >= 15 is 0 Å². The molecule has 0 saturated carbocycles. The molecule has 7 unspecified atom stereocenters. The summed E-state index contributed by atoms with van der Waals surface area (Å²) in [7, 11) is 7.33. The first-order valence-electron chi connectivity index (χ1n) is 21.4. The predicted octanol–water partition coefficient (Wildman–Crippen LogP) is -1.14. The van der Waals surface area contributed by atoms with Crippen molar-refractivity contribution in [2.45, 2.75) is 83.1 Å². The fourth-order valence-electron chi connectivity index (χ4n) is 7.20. The quantitative estimate of drug-likeness (QED) is 0.189. The Morgan fingerprint density at radius 2 is 0.894 bits per heavy atom. The van der Waals surface area contributed by atoms with Crippen molar-refractivity contribution in [1.82, 2.24) is 48.3 Å². The number of aromatic amines is 3. The maximum Gasteiger partial charge on any atom is 0.330 e. The summed E-state index contributed by atoms with van der Waals surface area (Å²) in [5, 5.41) is 17.8. The molecular weight excluding hydrogens is 869 g/mol. The fourth-order valence-corrected chi connectivity index (χ4v) is 7.20. The minimum Gasteiger partial charge on any atom is -0.393 e. The van der Waals surface area contributed by atoms with E-state index in [1.165, 1.54) is 32.3 Å². The van der Waals surface area contributed by atoms with E-state index in [1.807, 2.05) is 28.2 Å². The fraction of sp³-hybridized carbons (Fsp3) is 0.571. The average Bonchev–Trinajstić information content (AvgIpc) is 4.03. The third kappa shape index (κ3) is 12.8. The Kier molecular flexibility index (Phi) is 17.6. The lowest BCUT2D eigenvalue weighted by Gasteiger charge is -2.30. The number of hydrogen-bond acceptors (Lipinski definition) is 14. The molecule has 4 saturated heterocycles. The summed E-state index contributed by atoms with van der Waals surface area (Å²) in [6, 6.07) is 0.280. The Bertz CT molecular complexity index is 2430. The van der Waals surface area contributed by atoms with Crippen LogP contribution in [0.1, 0.15) is 54.6 Å². The molecular formula is C42H60N10O14. The summed E-state index contributed by atoms with van der Waals surface area (Å²) in [6.45, 7) is 8.83. The number of H-pyrrole nitrogens is 3. The van der Waals surface area contributed by atoms with Gasteiger partial charge in [0, 0.05) is 96.1 Å². The lowest BCUT2D eigenvalue weighted by atomic mass is 10.1. The minimum absolute atomic E-state index is 0.101. The van der Waals surface area contributed by atoms with Crippen LogP contribution in [0.2, 0.25) is 0 Å². The lowest BCUT2D eigenvalue weighted by molar-refractivity contribution is -0.149. The van der Waals surface area contributed by atoms with Crippen molar-refractivity contribution in [3.63, 3.8) is 0 Å². The summed E-state index contributed by atoms with van der Waals surface area (Å²) in [5.41, 5.74) is -1.26. The van der Waals surface area contributed by atoms with Gasteiger partial charge in [0.1, 0.15) is 24.5 Å². The van der Waals surface area contributed by atoms with Gasteiger partial charge in [-0.2, -0.15) is 0 Å². The van der Waals surface area contributed by atoms with E-state index in [0.717, 1.165) is 39.0 Å². The number of aliphatic hydroxyl groups is 2. The first-order chi connectivity index (χ1) is 31.3. The molecule has 0 bridgehead atoms. The number of aryl methyl sites for hydroxylation is 3. The zero-order valence-electron chi connectivity index (χ0n) is 38.1. The second-order valence-corrected chi connectivity index (χ2v) is 16.4. The number of aliphatic hydroxyl groups excluding tert-OH is 2. The van der Waals surface area contributed by atoms with Gasteiger partial charge >= 0.3 is 29.1 Å². The van der Waals surface area contributed by atoms with Crippen LogP contribution in [0.4, 0.5) is 9.59 Å². The SMILES string of the molecule is CN1CCCN(C)C1=O.CN1CCCN(C)C1=O.Cc1cn(C2C=CC(CO)O2)c(=O)[nH]c1=O.Cc1cn(C2C=CC(CO)O2)c(=O)[nH]c1=O.Cc1cn(C2CC3OCC3O2)c(=O)[nH]c1=O. The first-order valence-corrected chi connectivity index (χ1v) is 21.4. The predicted molar refractivity (Wildman–Crippen MR) is 237 cm³/mol. The molecule has 3 aromatic heterocycles. The molecule has 4 amide bonds. The third-order valence-electron chi connectivity index (χ3n) is 11.2. The maximum absolute atomic E-state index is 11.6. The van der Waals surface area contributed by atoms with E-state index in [2.05, 4.69) is 15.0 Å². The molecule has 9 rings (SSSR count). The number of hydrogen-bond donors (Lipinski definition) is 5. The van der Waals surface area contributed by atoms with E-state index in [-0.39, 0.29) is 49.3 Å². The highest BCUT2D eigenvalue weighted by molar-refractivity contribution is 5.74. The standard InChI is InChI=1S/3C10H12N2O4.2C6H12N2O/c1-5-3-12(10(14)11-9(5)13)8-2-6-7(16-8)4-15-6;2*1-6-4-12(10(15)11-9(6)14)8-3-2-7(5-13)16-8;2*1-7-4-3-5-8(2)6(7)9/h3,6-8H,2,4H2,1H3,(H,11,13,14);2*2-4,7-8,13H,5H2,1H3,(H,11,14,15);2*3-5H2,1-2H3. The summed E-state index contributed by atoms with van der Waals surface area (Å²) in [5.74, 6) is 0. The summed E-state index contributed by atoms with van der Waals surface area (Å²) >= 11 is 0. The van der Waals surface area contributed by atoms with Crippen LogP contribution in [0, 0.1) is 20.8 Å². The van der Waals surface area contributed by atoms with Crippen LogP contribution in [0.5, 0.6) is 0 Å². The van der Waals surface area contributed by atoms with Crippen LogP contribution in [-0.2, 0) is 18.9 Å². The molecule has 4 fully saturated rings.